The average Bonchev–Trinajstić information content (AvgIpc) is 2.61. The van der Waals surface area contributed by atoms with E-state index in [2.05, 4.69) is 0 Å². The zero-order valence-corrected chi connectivity index (χ0v) is 11.8. The van der Waals surface area contributed by atoms with E-state index >= 15 is 0 Å². The van der Waals surface area contributed by atoms with Crippen LogP contribution in [-0.4, -0.2) is 22.6 Å². The number of anilines is 1. The molecule has 0 atom stereocenters. The molecule has 1 aliphatic rings. The Morgan fingerprint density at radius 3 is 2.74 bits per heavy atom. The van der Waals surface area contributed by atoms with Crippen molar-refractivity contribution in [3.63, 3.8) is 0 Å². The van der Waals surface area contributed by atoms with Crippen molar-refractivity contribution >= 4 is 62.8 Å². The molecular weight excluding hydrogens is 305 g/mol. The van der Waals surface area contributed by atoms with Crippen LogP contribution in [0.5, 0.6) is 0 Å². The molecule has 0 saturated carbocycles. The molecule has 2 aromatic rings. The maximum Gasteiger partial charge on any atom is 0.323 e. The summed E-state index contributed by atoms with van der Waals surface area (Å²) >= 11 is 17.7. The van der Waals surface area contributed by atoms with Crippen molar-refractivity contribution in [2.24, 2.45) is 0 Å². The molecular formula is C13H7Cl2NO2S. The van der Waals surface area contributed by atoms with Gasteiger partial charge in [0.1, 0.15) is 11.5 Å². The van der Waals surface area contributed by atoms with Crippen LogP contribution in [0.4, 0.5) is 5.69 Å². The van der Waals surface area contributed by atoms with Gasteiger partial charge in [0.2, 0.25) is 0 Å². The number of nitrogens with zero attached hydrogens (tertiary/aromatic N) is 1. The first-order valence-electron chi connectivity index (χ1n) is 5.45. The lowest BCUT2D eigenvalue weighted by molar-refractivity contribution is -0.135. The molecule has 3 rings (SSSR count). The smallest absolute Gasteiger partial charge is 0.323 e. The molecule has 0 amide bonds. The molecule has 0 saturated heterocycles. The highest BCUT2D eigenvalue weighted by Gasteiger charge is 2.31. The third kappa shape index (κ3) is 1.79. The van der Waals surface area contributed by atoms with Crippen LogP contribution in [-0.2, 0) is 4.79 Å². The number of carbonyl (C=O) groups is 1. The lowest BCUT2D eigenvalue weighted by Gasteiger charge is -2.18. The van der Waals surface area contributed by atoms with Crippen molar-refractivity contribution in [2.75, 3.05) is 11.4 Å². The van der Waals surface area contributed by atoms with Gasteiger partial charge in [0.25, 0.3) is 0 Å². The van der Waals surface area contributed by atoms with Gasteiger partial charge in [0.15, 0.2) is 0 Å². The summed E-state index contributed by atoms with van der Waals surface area (Å²) in [6, 6.07) is 7.18. The maximum atomic E-state index is 11.0. The number of hydrogen-bond acceptors (Lipinski definition) is 2. The summed E-state index contributed by atoms with van der Waals surface area (Å²) in [5.41, 5.74) is 1.43. The maximum absolute atomic E-state index is 11.0. The molecule has 0 aromatic heterocycles. The molecule has 1 aliphatic heterocycles. The molecule has 0 bridgehead atoms. The van der Waals surface area contributed by atoms with Gasteiger partial charge < -0.3 is 10.0 Å². The average molecular weight is 312 g/mol. The van der Waals surface area contributed by atoms with Crippen LogP contribution in [0.15, 0.2) is 24.3 Å². The summed E-state index contributed by atoms with van der Waals surface area (Å²) in [4.78, 5) is 13.0. The van der Waals surface area contributed by atoms with Gasteiger partial charge in [-0.25, -0.2) is 0 Å². The topological polar surface area (TPSA) is 40.5 Å². The van der Waals surface area contributed by atoms with Crippen LogP contribution in [0, 0.1) is 0 Å². The Balaban J connectivity index is 2.37. The van der Waals surface area contributed by atoms with E-state index in [0.29, 0.717) is 20.7 Å². The van der Waals surface area contributed by atoms with E-state index < -0.39 is 5.97 Å². The van der Waals surface area contributed by atoms with Gasteiger partial charge in [-0.1, -0.05) is 53.6 Å². The second-order valence-electron chi connectivity index (χ2n) is 4.20. The minimum absolute atomic E-state index is 0.218. The van der Waals surface area contributed by atoms with E-state index in [1.54, 1.807) is 6.07 Å². The molecule has 19 heavy (non-hydrogen) atoms. The van der Waals surface area contributed by atoms with Crippen molar-refractivity contribution in [1.29, 1.82) is 0 Å². The molecule has 0 unspecified atom stereocenters. The normalized spacial score (nSPS) is 13.4. The number of hydrogen-bond donors (Lipinski definition) is 1. The fourth-order valence-electron chi connectivity index (χ4n) is 2.36. The predicted molar refractivity (Wildman–Crippen MR) is 80.6 cm³/mol. The monoisotopic (exact) mass is 311 g/mol. The van der Waals surface area contributed by atoms with Crippen LogP contribution in [0.3, 0.4) is 0 Å². The van der Waals surface area contributed by atoms with Gasteiger partial charge in [0.05, 0.1) is 15.7 Å². The Labute approximate surface area is 124 Å². The molecule has 0 radical (unpaired) electrons. The van der Waals surface area contributed by atoms with E-state index in [0.717, 1.165) is 16.3 Å². The molecule has 3 nitrogen and oxygen atoms in total. The van der Waals surface area contributed by atoms with Crippen molar-refractivity contribution in [3.05, 3.63) is 39.9 Å². The van der Waals surface area contributed by atoms with Gasteiger partial charge in [-0.05, 0) is 6.07 Å². The lowest BCUT2D eigenvalue weighted by atomic mass is 10.1. The third-order valence-corrected chi connectivity index (χ3v) is 4.12. The Kier molecular flexibility index (Phi) is 2.89. The van der Waals surface area contributed by atoms with Crippen LogP contribution in [0.25, 0.3) is 10.8 Å². The second kappa shape index (κ2) is 4.34. The van der Waals surface area contributed by atoms with Gasteiger partial charge in [-0.3, -0.25) is 4.79 Å². The standard InChI is InChI=1S/C13H7Cl2NO2S/c14-8-4-9(15)12-11-6(8)2-1-3-7(11)13(19)16(12)5-10(17)18/h1-4H,5H2,(H,17,18). The lowest BCUT2D eigenvalue weighted by Crippen LogP contribution is -2.31. The third-order valence-electron chi connectivity index (χ3n) is 3.08. The number of carboxylic acid groups (broad SMARTS) is 1. The minimum Gasteiger partial charge on any atom is -0.480 e. The van der Waals surface area contributed by atoms with E-state index in [1.165, 1.54) is 4.90 Å². The fraction of sp³-hybridized carbons (Fsp3) is 0.0769. The number of carboxylic acids is 1. The SMILES string of the molecule is O=C(O)CN1C(=S)c2cccc3c(Cl)cc(Cl)c1c23. The molecule has 96 valence electrons. The molecule has 0 fully saturated rings. The number of rotatable bonds is 2. The summed E-state index contributed by atoms with van der Waals surface area (Å²) in [5, 5.41) is 11.6. The Bertz CT molecular complexity index is 745. The summed E-state index contributed by atoms with van der Waals surface area (Å²) in [6.45, 7) is -0.218. The van der Waals surface area contributed by atoms with Crippen LogP contribution in [0.1, 0.15) is 5.56 Å². The zero-order chi connectivity index (χ0) is 13.7. The number of aliphatic carboxylic acids is 1. The van der Waals surface area contributed by atoms with Crippen molar-refractivity contribution in [1.82, 2.24) is 0 Å². The summed E-state index contributed by atoms with van der Waals surface area (Å²) in [6.07, 6.45) is 0. The quantitative estimate of drug-likeness (QED) is 0.858. The molecule has 1 heterocycles. The van der Waals surface area contributed by atoms with E-state index in [1.807, 2.05) is 18.2 Å². The molecule has 1 N–H and O–H groups in total. The number of halogens is 2. The zero-order valence-electron chi connectivity index (χ0n) is 9.48. The van der Waals surface area contributed by atoms with Crippen LogP contribution in [0.2, 0.25) is 10.0 Å². The molecule has 0 spiro atoms. The predicted octanol–water partition coefficient (Wildman–Crippen LogP) is 3.73. The molecule has 2 aromatic carbocycles. The minimum atomic E-state index is -0.964. The Morgan fingerprint density at radius 2 is 2.05 bits per heavy atom. The van der Waals surface area contributed by atoms with Gasteiger partial charge in [0, 0.05) is 16.3 Å². The van der Waals surface area contributed by atoms with Gasteiger partial charge in [-0.15, -0.1) is 0 Å². The van der Waals surface area contributed by atoms with Crippen molar-refractivity contribution in [3.8, 4) is 0 Å². The Hall–Kier alpha value is -1.36. The van der Waals surface area contributed by atoms with E-state index in [9.17, 15) is 4.79 Å². The highest BCUT2D eigenvalue weighted by atomic mass is 35.5. The van der Waals surface area contributed by atoms with E-state index in [-0.39, 0.29) is 6.54 Å². The molecule has 6 heteroatoms. The van der Waals surface area contributed by atoms with Crippen molar-refractivity contribution < 1.29 is 9.90 Å². The summed E-state index contributed by atoms with van der Waals surface area (Å²) in [7, 11) is 0. The van der Waals surface area contributed by atoms with Crippen LogP contribution < -0.4 is 4.90 Å². The first kappa shape index (κ1) is 12.7. The number of benzene rings is 2. The first-order chi connectivity index (χ1) is 9.00. The largest absolute Gasteiger partial charge is 0.480 e. The first-order valence-corrected chi connectivity index (χ1v) is 6.61. The van der Waals surface area contributed by atoms with E-state index in [4.69, 9.17) is 40.5 Å². The number of thiocarbonyl (C=S) groups is 1. The highest BCUT2D eigenvalue weighted by Crippen LogP contribution is 2.45. The highest BCUT2D eigenvalue weighted by molar-refractivity contribution is 7.81. The fourth-order valence-corrected chi connectivity index (χ4v) is 3.31. The second-order valence-corrected chi connectivity index (χ2v) is 5.40. The molecule has 0 aliphatic carbocycles. The van der Waals surface area contributed by atoms with Gasteiger partial charge in [-0.2, -0.15) is 0 Å². The van der Waals surface area contributed by atoms with Gasteiger partial charge >= 0.3 is 5.97 Å². The Morgan fingerprint density at radius 1 is 1.32 bits per heavy atom. The summed E-state index contributed by atoms with van der Waals surface area (Å²) in [5.74, 6) is -0.964. The summed E-state index contributed by atoms with van der Waals surface area (Å²) < 4.78 is 0. The van der Waals surface area contributed by atoms with Crippen molar-refractivity contribution in [2.45, 2.75) is 0 Å². The van der Waals surface area contributed by atoms with Crippen LogP contribution >= 0.6 is 35.4 Å².